The van der Waals surface area contributed by atoms with E-state index in [1.165, 1.54) is 30.9 Å². The molecule has 2 atom stereocenters. The highest BCUT2D eigenvalue weighted by atomic mass is 16.2. The Labute approximate surface area is 151 Å². The zero-order valence-electron chi connectivity index (χ0n) is 15.7. The molecule has 0 bridgehead atoms. The van der Waals surface area contributed by atoms with Crippen molar-refractivity contribution in [1.82, 2.24) is 24.0 Å². The highest BCUT2D eigenvalue weighted by molar-refractivity contribution is 5.76. The number of fused-ring (bicyclic) bond motifs is 1. The predicted octanol–water partition coefficient (Wildman–Crippen LogP) is 0.909. The zero-order chi connectivity index (χ0) is 18.8. The number of rotatable bonds is 5. The molecular formula is C18H27N5O3. The summed E-state index contributed by atoms with van der Waals surface area (Å²) in [5.41, 5.74) is 0.0179. The average molecular weight is 361 g/mol. The van der Waals surface area contributed by atoms with Crippen LogP contribution in [0.2, 0.25) is 0 Å². The maximum atomic E-state index is 12.4. The van der Waals surface area contributed by atoms with Gasteiger partial charge >= 0.3 is 5.69 Å². The van der Waals surface area contributed by atoms with Crippen molar-refractivity contribution in [2.24, 2.45) is 20.0 Å². The Kier molecular flexibility index (Phi) is 5.29. The van der Waals surface area contributed by atoms with Gasteiger partial charge in [-0.1, -0.05) is 19.8 Å². The molecule has 0 unspecified atom stereocenters. The van der Waals surface area contributed by atoms with Crippen molar-refractivity contribution >= 4 is 17.1 Å². The van der Waals surface area contributed by atoms with Gasteiger partial charge in [0, 0.05) is 33.1 Å². The van der Waals surface area contributed by atoms with Gasteiger partial charge in [-0.05, 0) is 25.2 Å². The van der Waals surface area contributed by atoms with Gasteiger partial charge < -0.3 is 9.88 Å². The molecule has 142 valence electrons. The smallest absolute Gasteiger partial charge is 0.332 e. The molecule has 2 aromatic rings. The second-order valence-corrected chi connectivity index (χ2v) is 7.36. The maximum absolute atomic E-state index is 12.4. The molecule has 1 saturated carbocycles. The third-order valence-corrected chi connectivity index (χ3v) is 5.48. The van der Waals surface area contributed by atoms with Crippen LogP contribution in [0, 0.1) is 5.92 Å². The quantitative estimate of drug-likeness (QED) is 0.857. The molecule has 1 N–H and O–H groups in total. The minimum absolute atomic E-state index is 0.0634. The van der Waals surface area contributed by atoms with E-state index >= 15 is 0 Å². The lowest BCUT2D eigenvalue weighted by Crippen LogP contribution is -2.41. The minimum atomic E-state index is -0.395. The molecule has 8 heteroatoms. The lowest BCUT2D eigenvalue weighted by molar-refractivity contribution is -0.122. The predicted molar refractivity (Wildman–Crippen MR) is 99.0 cm³/mol. The van der Waals surface area contributed by atoms with Crippen LogP contribution in [0.5, 0.6) is 0 Å². The average Bonchev–Trinajstić information content (AvgIpc) is 3.04. The zero-order valence-corrected chi connectivity index (χ0v) is 15.7. The van der Waals surface area contributed by atoms with E-state index in [0.29, 0.717) is 36.5 Å². The molecule has 26 heavy (non-hydrogen) atoms. The Morgan fingerprint density at radius 3 is 2.69 bits per heavy atom. The standard InChI is InChI=1S/C18H27N5O3/c1-12-7-4-5-8-13(12)20-14(24)9-6-10-23-11-19-16-15(23)17(25)22(3)18(26)21(16)2/h11-13H,4-10H2,1-3H3,(H,20,24)/t12-,13+/m1/s1. The molecule has 1 aliphatic rings. The molecule has 0 radical (unpaired) electrons. The Bertz CT molecular complexity index is 923. The number of imidazole rings is 1. The van der Waals surface area contributed by atoms with Gasteiger partial charge in [0.25, 0.3) is 5.56 Å². The monoisotopic (exact) mass is 361 g/mol. The van der Waals surface area contributed by atoms with Crippen molar-refractivity contribution in [3.05, 3.63) is 27.2 Å². The molecule has 0 saturated heterocycles. The van der Waals surface area contributed by atoms with Crippen molar-refractivity contribution < 1.29 is 4.79 Å². The summed E-state index contributed by atoms with van der Waals surface area (Å²) in [7, 11) is 3.06. The van der Waals surface area contributed by atoms with Crippen molar-refractivity contribution in [3.63, 3.8) is 0 Å². The summed E-state index contributed by atoms with van der Waals surface area (Å²) in [6.45, 7) is 2.71. The fourth-order valence-electron chi connectivity index (χ4n) is 3.79. The van der Waals surface area contributed by atoms with E-state index in [2.05, 4.69) is 17.2 Å². The number of nitrogens with one attached hydrogen (secondary N) is 1. The second kappa shape index (κ2) is 7.47. The first-order valence-electron chi connectivity index (χ1n) is 9.30. The molecule has 0 spiro atoms. The Morgan fingerprint density at radius 2 is 1.96 bits per heavy atom. The van der Waals surface area contributed by atoms with E-state index in [-0.39, 0.29) is 17.5 Å². The van der Waals surface area contributed by atoms with Crippen molar-refractivity contribution in [2.45, 2.75) is 58.0 Å². The minimum Gasteiger partial charge on any atom is -0.353 e. The van der Waals surface area contributed by atoms with Crippen LogP contribution in [0.1, 0.15) is 45.4 Å². The Hall–Kier alpha value is -2.38. The number of carbonyl (C=O) groups excluding carboxylic acids is 1. The number of aromatic nitrogens is 4. The topological polar surface area (TPSA) is 90.9 Å². The van der Waals surface area contributed by atoms with Gasteiger partial charge in [0.05, 0.1) is 6.33 Å². The van der Waals surface area contributed by atoms with E-state index in [1.54, 1.807) is 17.9 Å². The first kappa shape index (κ1) is 18.4. The van der Waals surface area contributed by atoms with Gasteiger partial charge in [-0.15, -0.1) is 0 Å². The molecule has 0 aromatic carbocycles. The Morgan fingerprint density at radius 1 is 1.23 bits per heavy atom. The van der Waals surface area contributed by atoms with Crippen LogP contribution in [0.15, 0.2) is 15.9 Å². The highest BCUT2D eigenvalue weighted by Crippen LogP contribution is 2.23. The molecule has 0 aliphatic heterocycles. The van der Waals surface area contributed by atoms with Gasteiger partial charge in [0.15, 0.2) is 11.2 Å². The first-order chi connectivity index (χ1) is 12.4. The SMILES string of the molecule is C[C@@H]1CCCC[C@@H]1NC(=O)CCCn1cnc2c1c(=O)n(C)c(=O)n2C. The van der Waals surface area contributed by atoms with E-state index in [9.17, 15) is 14.4 Å². The number of hydrogen-bond acceptors (Lipinski definition) is 4. The summed E-state index contributed by atoms with van der Waals surface area (Å²) < 4.78 is 4.18. The van der Waals surface area contributed by atoms with Crippen molar-refractivity contribution in [1.29, 1.82) is 0 Å². The van der Waals surface area contributed by atoms with Crippen LogP contribution in [0.25, 0.3) is 11.2 Å². The van der Waals surface area contributed by atoms with E-state index in [4.69, 9.17) is 0 Å². The molecule has 3 rings (SSSR count). The van der Waals surface area contributed by atoms with Gasteiger partial charge in [-0.25, -0.2) is 9.78 Å². The molecule has 1 amide bonds. The number of nitrogens with zero attached hydrogens (tertiary/aromatic N) is 4. The molecule has 2 heterocycles. The second-order valence-electron chi connectivity index (χ2n) is 7.36. The maximum Gasteiger partial charge on any atom is 0.332 e. The third-order valence-electron chi connectivity index (χ3n) is 5.48. The summed E-state index contributed by atoms with van der Waals surface area (Å²) in [5, 5.41) is 3.15. The molecule has 2 aromatic heterocycles. The largest absolute Gasteiger partial charge is 0.353 e. The van der Waals surface area contributed by atoms with Crippen molar-refractivity contribution in [2.75, 3.05) is 0 Å². The molecule has 1 aliphatic carbocycles. The number of amides is 1. The van der Waals surface area contributed by atoms with Gasteiger partial charge in [0.1, 0.15) is 0 Å². The number of aryl methyl sites for hydroxylation is 2. The Balaban J connectivity index is 1.64. The molecular weight excluding hydrogens is 334 g/mol. The van der Waals surface area contributed by atoms with Crippen LogP contribution in [-0.2, 0) is 25.4 Å². The summed E-state index contributed by atoms with van der Waals surface area (Å²) in [4.78, 5) is 40.8. The molecule has 8 nitrogen and oxygen atoms in total. The fraction of sp³-hybridized carbons (Fsp3) is 0.667. The van der Waals surface area contributed by atoms with Gasteiger partial charge in [0.2, 0.25) is 5.91 Å². The van der Waals surface area contributed by atoms with Crippen LogP contribution in [0.4, 0.5) is 0 Å². The third kappa shape index (κ3) is 3.45. The van der Waals surface area contributed by atoms with Gasteiger partial charge in [-0.2, -0.15) is 0 Å². The van der Waals surface area contributed by atoms with E-state index < -0.39 is 5.69 Å². The lowest BCUT2D eigenvalue weighted by atomic mass is 9.86. The summed E-state index contributed by atoms with van der Waals surface area (Å²) in [5.74, 6) is 0.600. The van der Waals surface area contributed by atoms with E-state index in [1.807, 2.05) is 0 Å². The number of carbonyl (C=O) groups is 1. The summed E-state index contributed by atoms with van der Waals surface area (Å²) >= 11 is 0. The van der Waals surface area contributed by atoms with E-state index in [0.717, 1.165) is 11.0 Å². The van der Waals surface area contributed by atoms with Crippen LogP contribution >= 0.6 is 0 Å². The first-order valence-corrected chi connectivity index (χ1v) is 9.30. The lowest BCUT2D eigenvalue weighted by Gasteiger charge is -2.29. The summed E-state index contributed by atoms with van der Waals surface area (Å²) in [6, 6.07) is 0.284. The normalized spacial score (nSPS) is 20.4. The number of hydrogen-bond donors (Lipinski definition) is 1. The highest BCUT2D eigenvalue weighted by Gasteiger charge is 2.22. The fourth-order valence-corrected chi connectivity index (χ4v) is 3.79. The van der Waals surface area contributed by atoms with Crippen LogP contribution < -0.4 is 16.6 Å². The van der Waals surface area contributed by atoms with Crippen LogP contribution in [-0.4, -0.2) is 30.6 Å². The van der Waals surface area contributed by atoms with Crippen molar-refractivity contribution in [3.8, 4) is 0 Å². The molecule has 1 fully saturated rings. The summed E-state index contributed by atoms with van der Waals surface area (Å²) in [6.07, 6.45) is 7.25. The van der Waals surface area contributed by atoms with Gasteiger partial charge in [-0.3, -0.25) is 18.7 Å². The van der Waals surface area contributed by atoms with Crippen LogP contribution in [0.3, 0.4) is 0 Å².